The van der Waals surface area contributed by atoms with Crippen LogP contribution in [0.4, 0.5) is 13.2 Å². The normalized spacial score (nSPS) is 13.5. The molecule has 1 unspecified atom stereocenters. The number of nitrogens with two attached hydrogens (primary N) is 1. The number of halogens is 4. The number of hydrogen-bond acceptors (Lipinski definition) is 2. The highest BCUT2D eigenvalue weighted by atomic mass is 79.9. The zero-order valence-corrected chi connectivity index (χ0v) is 12.2. The first-order chi connectivity index (χ1) is 9.34. The maximum absolute atomic E-state index is 12.8. The van der Waals surface area contributed by atoms with E-state index in [9.17, 15) is 13.2 Å². The number of hydrogen-bond donors (Lipinski definition) is 1. The van der Waals surface area contributed by atoms with Crippen molar-refractivity contribution in [3.05, 3.63) is 52.0 Å². The molecule has 1 atom stereocenters. The van der Waals surface area contributed by atoms with Crippen molar-refractivity contribution in [3.63, 3.8) is 0 Å². The van der Waals surface area contributed by atoms with E-state index in [-0.39, 0.29) is 0 Å². The summed E-state index contributed by atoms with van der Waals surface area (Å²) in [6.07, 6.45) is -1.06. The average molecular weight is 348 g/mol. The smallest absolute Gasteiger partial charge is 0.334 e. The summed E-state index contributed by atoms with van der Waals surface area (Å²) in [6.45, 7) is 2.57. The van der Waals surface area contributed by atoms with E-state index in [1.165, 1.54) is 6.07 Å². The molecule has 1 aromatic heterocycles. The fraction of sp³-hybridized carbons (Fsp3) is 0.308. The van der Waals surface area contributed by atoms with Crippen LogP contribution < -0.4 is 5.73 Å². The highest BCUT2D eigenvalue weighted by molar-refractivity contribution is 9.10. The molecule has 0 aliphatic heterocycles. The first-order valence-electron chi connectivity index (χ1n) is 5.97. The summed E-state index contributed by atoms with van der Waals surface area (Å²) in [5.41, 5.74) is 5.71. The first kappa shape index (κ1) is 15.1. The van der Waals surface area contributed by atoms with Gasteiger partial charge in [0.2, 0.25) is 0 Å². The van der Waals surface area contributed by atoms with Crippen LogP contribution in [0.3, 0.4) is 0 Å². The standard InChI is InChI=1S/C13H13BrF3N3/c1-2-20-6-5-19-12(20)11(18)9-7-8(13(15,16)17)3-4-10(9)14/h3-7,11H,2,18H2,1H3. The van der Waals surface area contributed by atoms with Gasteiger partial charge in [-0.25, -0.2) is 4.98 Å². The second-order valence-corrected chi connectivity index (χ2v) is 5.14. The van der Waals surface area contributed by atoms with Crippen molar-refractivity contribution in [1.29, 1.82) is 0 Å². The second kappa shape index (κ2) is 5.57. The second-order valence-electron chi connectivity index (χ2n) is 4.28. The molecule has 0 spiro atoms. The molecule has 20 heavy (non-hydrogen) atoms. The Morgan fingerprint density at radius 1 is 1.40 bits per heavy atom. The van der Waals surface area contributed by atoms with Crippen LogP contribution in [-0.2, 0) is 12.7 Å². The van der Waals surface area contributed by atoms with Gasteiger partial charge in [-0.3, -0.25) is 0 Å². The van der Waals surface area contributed by atoms with Gasteiger partial charge in [0.05, 0.1) is 11.6 Å². The Labute approximate surface area is 122 Å². The Morgan fingerprint density at radius 2 is 2.10 bits per heavy atom. The van der Waals surface area contributed by atoms with Crippen molar-refractivity contribution in [2.24, 2.45) is 5.73 Å². The maximum atomic E-state index is 12.8. The largest absolute Gasteiger partial charge is 0.416 e. The third-order valence-corrected chi connectivity index (χ3v) is 3.75. The zero-order valence-electron chi connectivity index (χ0n) is 10.7. The van der Waals surface area contributed by atoms with E-state index in [0.717, 1.165) is 12.1 Å². The lowest BCUT2D eigenvalue weighted by atomic mass is 10.0. The van der Waals surface area contributed by atoms with Gasteiger partial charge in [-0.15, -0.1) is 0 Å². The molecule has 2 aromatic rings. The zero-order chi connectivity index (χ0) is 14.9. The lowest BCUT2D eigenvalue weighted by molar-refractivity contribution is -0.137. The molecule has 0 fully saturated rings. The van der Waals surface area contributed by atoms with Crippen LogP contribution in [0.2, 0.25) is 0 Å². The summed E-state index contributed by atoms with van der Waals surface area (Å²) in [7, 11) is 0. The van der Waals surface area contributed by atoms with E-state index in [1.807, 2.05) is 6.92 Å². The molecule has 0 bridgehead atoms. The average Bonchev–Trinajstić information content (AvgIpc) is 2.85. The van der Waals surface area contributed by atoms with E-state index >= 15 is 0 Å². The number of aromatic nitrogens is 2. The Kier molecular flexibility index (Phi) is 4.19. The van der Waals surface area contributed by atoms with Crippen molar-refractivity contribution in [2.45, 2.75) is 25.7 Å². The van der Waals surface area contributed by atoms with Gasteiger partial charge in [-0.2, -0.15) is 13.2 Å². The van der Waals surface area contributed by atoms with Gasteiger partial charge in [-0.05, 0) is 30.7 Å². The van der Waals surface area contributed by atoms with Gasteiger partial charge in [0.25, 0.3) is 0 Å². The maximum Gasteiger partial charge on any atom is 0.416 e. The third kappa shape index (κ3) is 2.88. The summed E-state index contributed by atoms with van der Waals surface area (Å²) in [5, 5.41) is 0. The van der Waals surface area contributed by atoms with Crippen LogP contribution in [0.5, 0.6) is 0 Å². The minimum absolute atomic E-state index is 0.362. The highest BCUT2D eigenvalue weighted by Gasteiger charge is 2.31. The molecule has 7 heteroatoms. The summed E-state index contributed by atoms with van der Waals surface area (Å²) in [5.74, 6) is 0.535. The monoisotopic (exact) mass is 347 g/mol. The van der Waals surface area contributed by atoms with Gasteiger partial charge in [-0.1, -0.05) is 15.9 Å². The summed E-state index contributed by atoms with van der Waals surface area (Å²) in [4.78, 5) is 4.13. The van der Waals surface area contributed by atoms with Crippen molar-refractivity contribution >= 4 is 15.9 Å². The van der Waals surface area contributed by atoms with Gasteiger partial charge >= 0.3 is 6.18 Å². The first-order valence-corrected chi connectivity index (χ1v) is 6.77. The molecule has 0 aliphatic rings. The molecule has 0 saturated heterocycles. The number of nitrogens with zero attached hydrogens (tertiary/aromatic N) is 2. The van der Waals surface area contributed by atoms with Gasteiger partial charge in [0.15, 0.2) is 0 Å². The predicted octanol–water partition coefficient (Wildman–Crippen LogP) is 3.73. The Bertz CT molecular complexity index is 607. The predicted molar refractivity (Wildman–Crippen MR) is 73.1 cm³/mol. The number of rotatable bonds is 3. The minimum atomic E-state index is -4.39. The van der Waals surface area contributed by atoms with E-state index in [2.05, 4.69) is 20.9 Å². The van der Waals surface area contributed by atoms with Gasteiger partial charge in [0, 0.05) is 23.4 Å². The lowest BCUT2D eigenvalue weighted by Crippen LogP contribution is -2.19. The van der Waals surface area contributed by atoms with Gasteiger partial charge < -0.3 is 10.3 Å². The van der Waals surface area contributed by atoms with Crippen LogP contribution in [0.1, 0.15) is 29.9 Å². The molecule has 2 N–H and O–H groups in total. The fourth-order valence-corrected chi connectivity index (χ4v) is 2.46. The SMILES string of the molecule is CCn1ccnc1C(N)c1cc(C(F)(F)F)ccc1Br. The molecule has 0 amide bonds. The molecular formula is C13H13BrF3N3. The molecule has 108 valence electrons. The molecule has 3 nitrogen and oxygen atoms in total. The van der Waals surface area contributed by atoms with Crippen molar-refractivity contribution in [2.75, 3.05) is 0 Å². The van der Waals surface area contributed by atoms with Crippen molar-refractivity contribution in [3.8, 4) is 0 Å². The molecule has 1 aromatic carbocycles. The van der Waals surface area contributed by atoms with E-state index in [0.29, 0.717) is 22.4 Å². The van der Waals surface area contributed by atoms with E-state index in [1.54, 1.807) is 17.0 Å². The third-order valence-electron chi connectivity index (χ3n) is 3.02. The molecular weight excluding hydrogens is 335 g/mol. The highest BCUT2D eigenvalue weighted by Crippen LogP contribution is 2.34. The van der Waals surface area contributed by atoms with Crippen molar-refractivity contribution in [1.82, 2.24) is 9.55 Å². The number of alkyl halides is 3. The molecule has 1 heterocycles. The Morgan fingerprint density at radius 3 is 2.70 bits per heavy atom. The fourth-order valence-electron chi connectivity index (χ4n) is 1.96. The van der Waals surface area contributed by atoms with Crippen LogP contribution >= 0.6 is 15.9 Å². The van der Waals surface area contributed by atoms with Gasteiger partial charge in [0.1, 0.15) is 5.82 Å². The topological polar surface area (TPSA) is 43.8 Å². The van der Waals surface area contributed by atoms with E-state index in [4.69, 9.17) is 5.73 Å². The summed E-state index contributed by atoms with van der Waals surface area (Å²) < 4.78 is 40.7. The minimum Gasteiger partial charge on any atom is -0.334 e. The lowest BCUT2D eigenvalue weighted by Gasteiger charge is -2.17. The quantitative estimate of drug-likeness (QED) is 0.919. The molecule has 2 rings (SSSR count). The number of aryl methyl sites for hydroxylation is 1. The molecule has 0 radical (unpaired) electrons. The van der Waals surface area contributed by atoms with Crippen LogP contribution in [0, 0.1) is 0 Å². The summed E-state index contributed by atoms with van der Waals surface area (Å²) in [6, 6.07) is 2.72. The summed E-state index contributed by atoms with van der Waals surface area (Å²) >= 11 is 3.25. The van der Waals surface area contributed by atoms with Crippen LogP contribution in [-0.4, -0.2) is 9.55 Å². The van der Waals surface area contributed by atoms with E-state index < -0.39 is 17.8 Å². The molecule has 0 saturated carbocycles. The Hall–Kier alpha value is -1.34. The van der Waals surface area contributed by atoms with Crippen molar-refractivity contribution < 1.29 is 13.2 Å². The Balaban J connectivity index is 2.46. The van der Waals surface area contributed by atoms with Crippen LogP contribution in [0.15, 0.2) is 35.1 Å². The number of imidazole rings is 1. The molecule has 0 aliphatic carbocycles. The van der Waals surface area contributed by atoms with Crippen LogP contribution in [0.25, 0.3) is 0 Å². The number of benzene rings is 1.